The number of aromatic nitrogens is 2. The average molecular weight is 414 g/mol. The van der Waals surface area contributed by atoms with E-state index in [1.165, 1.54) is 10.7 Å². The molecule has 0 atom stereocenters. The molecule has 2 N–H and O–H groups in total. The summed E-state index contributed by atoms with van der Waals surface area (Å²) in [5.41, 5.74) is 3.25. The molecule has 2 aromatic carbocycles. The van der Waals surface area contributed by atoms with E-state index in [4.69, 9.17) is 0 Å². The summed E-state index contributed by atoms with van der Waals surface area (Å²) in [6.07, 6.45) is 2.58. The van der Waals surface area contributed by atoms with Crippen LogP contribution in [0.5, 0.6) is 0 Å². The first-order valence-electron chi connectivity index (χ1n) is 9.48. The van der Waals surface area contributed by atoms with Gasteiger partial charge in [0.2, 0.25) is 0 Å². The van der Waals surface area contributed by atoms with E-state index in [1.807, 2.05) is 12.3 Å². The molecule has 9 heteroatoms. The summed E-state index contributed by atoms with van der Waals surface area (Å²) in [5.74, 6) is -4.32. The normalized spacial score (nSPS) is 10.8. The predicted octanol–water partition coefficient (Wildman–Crippen LogP) is 2.94. The third-order valence-electron chi connectivity index (χ3n) is 4.54. The quantitative estimate of drug-likeness (QED) is 0.479. The fourth-order valence-corrected chi connectivity index (χ4v) is 2.99. The number of halogens is 2. The third kappa shape index (κ3) is 4.35. The Balaban J connectivity index is 1.87. The number of nitrogens with zero attached hydrogens (tertiary/aromatic N) is 2. The fraction of sp³-hybridized carbons (Fsp3) is 0.238. The molecular weight excluding hydrogens is 394 g/mol. The minimum atomic E-state index is -1.32. The van der Waals surface area contributed by atoms with Gasteiger partial charge in [0.05, 0.1) is 10.9 Å². The number of amides is 2. The molecule has 0 unspecified atom stereocenters. The molecule has 1 heterocycles. The summed E-state index contributed by atoms with van der Waals surface area (Å²) in [7, 11) is 0. The van der Waals surface area contributed by atoms with Crippen LogP contribution in [0.4, 0.5) is 8.78 Å². The zero-order valence-corrected chi connectivity index (χ0v) is 16.2. The monoisotopic (exact) mass is 414 g/mol. The van der Waals surface area contributed by atoms with Gasteiger partial charge in [-0.1, -0.05) is 44.0 Å². The number of hydrogen-bond acceptors (Lipinski definition) is 4. The predicted molar refractivity (Wildman–Crippen MR) is 107 cm³/mol. The van der Waals surface area contributed by atoms with Gasteiger partial charge in [-0.15, -0.1) is 0 Å². The summed E-state index contributed by atoms with van der Waals surface area (Å²) in [6.45, 7) is 2.37. The molecule has 156 valence electrons. The summed E-state index contributed by atoms with van der Waals surface area (Å²) in [6, 6.07) is 9.63. The molecule has 3 aromatic rings. The van der Waals surface area contributed by atoms with Crippen LogP contribution < -0.4 is 16.4 Å². The number of rotatable bonds is 6. The molecule has 0 bridgehead atoms. The molecule has 0 spiro atoms. The van der Waals surface area contributed by atoms with Crippen molar-refractivity contribution in [2.45, 2.75) is 32.7 Å². The molecule has 2 amide bonds. The van der Waals surface area contributed by atoms with Crippen LogP contribution in [-0.4, -0.2) is 21.6 Å². The number of fused-ring (bicyclic) bond motifs is 1. The zero-order valence-electron chi connectivity index (χ0n) is 16.2. The number of carbonyl (C=O) groups is 2. The lowest BCUT2D eigenvalue weighted by atomic mass is 10.1. The van der Waals surface area contributed by atoms with Gasteiger partial charge in [0.15, 0.2) is 17.3 Å². The van der Waals surface area contributed by atoms with Crippen LogP contribution in [0.2, 0.25) is 0 Å². The molecule has 3 rings (SSSR count). The number of benzene rings is 2. The Labute approximate surface area is 170 Å². The van der Waals surface area contributed by atoms with E-state index < -0.39 is 29.0 Å². The maximum atomic E-state index is 13.8. The van der Waals surface area contributed by atoms with Gasteiger partial charge in [-0.05, 0) is 24.6 Å². The fourth-order valence-electron chi connectivity index (χ4n) is 2.99. The highest BCUT2D eigenvalue weighted by Gasteiger charge is 2.19. The van der Waals surface area contributed by atoms with Crippen LogP contribution >= 0.6 is 0 Å². The highest BCUT2D eigenvalue weighted by atomic mass is 19.2. The zero-order chi connectivity index (χ0) is 21.7. The van der Waals surface area contributed by atoms with E-state index in [0.717, 1.165) is 31.4 Å². The Morgan fingerprint density at radius 1 is 0.967 bits per heavy atom. The first-order valence-corrected chi connectivity index (χ1v) is 9.48. The topological polar surface area (TPSA) is 93.1 Å². The van der Waals surface area contributed by atoms with Crippen molar-refractivity contribution in [3.05, 3.63) is 75.7 Å². The van der Waals surface area contributed by atoms with Gasteiger partial charge in [-0.25, -0.2) is 13.5 Å². The Morgan fingerprint density at radius 3 is 2.40 bits per heavy atom. The number of hydrazine groups is 1. The average Bonchev–Trinajstić information content (AvgIpc) is 2.75. The van der Waals surface area contributed by atoms with Crippen molar-refractivity contribution in [1.29, 1.82) is 0 Å². The van der Waals surface area contributed by atoms with Gasteiger partial charge >= 0.3 is 0 Å². The van der Waals surface area contributed by atoms with E-state index in [0.29, 0.717) is 17.3 Å². The summed E-state index contributed by atoms with van der Waals surface area (Å²) in [4.78, 5) is 37.4. The Bertz CT molecular complexity index is 1160. The van der Waals surface area contributed by atoms with E-state index in [-0.39, 0.29) is 11.3 Å². The van der Waals surface area contributed by atoms with Gasteiger partial charge in [-0.2, -0.15) is 5.10 Å². The van der Waals surface area contributed by atoms with Crippen LogP contribution in [0, 0.1) is 11.6 Å². The number of carbonyl (C=O) groups excluding carboxylic acids is 2. The third-order valence-corrected chi connectivity index (χ3v) is 4.54. The highest BCUT2D eigenvalue weighted by Crippen LogP contribution is 2.14. The van der Waals surface area contributed by atoms with Crippen LogP contribution in [0.15, 0.2) is 47.3 Å². The van der Waals surface area contributed by atoms with Crippen LogP contribution in [0.1, 0.15) is 47.0 Å². The van der Waals surface area contributed by atoms with E-state index in [2.05, 4.69) is 10.5 Å². The van der Waals surface area contributed by atoms with Crippen molar-refractivity contribution in [3.63, 3.8) is 0 Å². The number of nitrogens with one attached hydrogen (secondary N) is 2. The number of unbranched alkanes of at least 4 members (excludes halogenated alkanes) is 2. The summed E-state index contributed by atoms with van der Waals surface area (Å²) in [5, 5.41) is 4.80. The largest absolute Gasteiger partial charge is 0.290 e. The smallest absolute Gasteiger partial charge is 0.267 e. The van der Waals surface area contributed by atoms with Gasteiger partial charge in [0.25, 0.3) is 17.4 Å². The van der Waals surface area contributed by atoms with E-state index in [9.17, 15) is 23.2 Å². The molecule has 0 aliphatic rings. The Hall–Kier alpha value is -3.62. The van der Waals surface area contributed by atoms with Crippen molar-refractivity contribution in [3.8, 4) is 0 Å². The second-order valence-electron chi connectivity index (χ2n) is 6.64. The van der Waals surface area contributed by atoms with Crippen LogP contribution in [0.3, 0.4) is 0 Å². The van der Waals surface area contributed by atoms with Crippen molar-refractivity contribution >= 4 is 22.6 Å². The van der Waals surface area contributed by atoms with E-state index >= 15 is 0 Å². The van der Waals surface area contributed by atoms with Crippen molar-refractivity contribution in [2.75, 3.05) is 0 Å². The molecular formula is C21H20F2N4O3. The van der Waals surface area contributed by atoms with Crippen LogP contribution in [-0.2, 0) is 6.54 Å². The Morgan fingerprint density at radius 2 is 1.67 bits per heavy atom. The Kier molecular flexibility index (Phi) is 6.51. The lowest BCUT2D eigenvalue weighted by Gasteiger charge is -2.12. The lowest BCUT2D eigenvalue weighted by Crippen LogP contribution is -2.43. The maximum absolute atomic E-state index is 13.8. The van der Waals surface area contributed by atoms with Crippen molar-refractivity contribution in [2.24, 2.45) is 0 Å². The molecule has 30 heavy (non-hydrogen) atoms. The molecule has 1 aromatic heterocycles. The summed E-state index contributed by atoms with van der Waals surface area (Å²) >= 11 is 0. The molecule has 0 saturated carbocycles. The molecule has 0 aliphatic heterocycles. The second-order valence-corrected chi connectivity index (χ2v) is 6.64. The maximum Gasteiger partial charge on any atom is 0.290 e. The summed E-state index contributed by atoms with van der Waals surface area (Å²) < 4.78 is 28.3. The first kappa shape index (κ1) is 21.1. The number of hydrogen-bond donors (Lipinski definition) is 2. The molecule has 0 saturated heterocycles. The van der Waals surface area contributed by atoms with E-state index in [1.54, 1.807) is 24.3 Å². The molecule has 7 nitrogen and oxygen atoms in total. The highest BCUT2D eigenvalue weighted by molar-refractivity contribution is 6.06. The standard InChI is InChI=1S/C21H20F2N4O3/c1-2-3-6-12-27-21(30)14-9-5-4-8-13(14)18(26-27)20(29)25-24-19(28)15-10-7-11-16(22)17(15)23/h4-5,7-11H,2-3,6,12H2,1H3,(H,24,28)(H,25,29). The van der Waals surface area contributed by atoms with Gasteiger partial charge in [-0.3, -0.25) is 25.2 Å². The van der Waals surface area contributed by atoms with Gasteiger partial charge < -0.3 is 0 Å². The van der Waals surface area contributed by atoms with Crippen LogP contribution in [0.25, 0.3) is 10.8 Å². The second kappa shape index (κ2) is 9.25. The van der Waals surface area contributed by atoms with Crippen molar-refractivity contribution < 1.29 is 18.4 Å². The van der Waals surface area contributed by atoms with Crippen molar-refractivity contribution in [1.82, 2.24) is 20.6 Å². The van der Waals surface area contributed by atoms with Gasteiger partial charge in [0.1, 0.15) is 0 Å². The molecule has 0 fully saturated rings. The minimum Gasteiger partial charge on any atom is -0.267 e. The molecule has 0 aliphatic carbocycles. The minimum absolute atomic E-state index is 0.0679. The van der Waals surface area contributed by atoms with Gasteiger partial charge in [0, 0.05) is 11.9 Å². The lowest BCUT2D eigenvalue weighted by molar-refractivity contribution is 0.0840. The SMILES string of the molecule is CCCCCn1nc(C(=O)NNC(=O)c2cccc(F)c2F)c2ccccc2c1=O. The number of aryl methyl sites for hydroxylation is 1. The first-order chi connectivity index (χ1) is 14.4. The molecule has 0 radical (unpaired) electrons.